The molecule has 0 atom stereocenters. The molecule has 1 N–H and O–H groups in total. The summed E-state index contributed by atoms with van der Waals surface area (Å²) in [6, 6.07) is 7.75. The second kappa shape index (κ2) is 5.97. The summed E-state index contributed by atoms with van der Waals surface area (Å²) in [5, 5.41) is 3.08. The Kier molecular flexibility index (Phi) is 4.50. The van der Waals surface area contributed by atoms with Crippen molar-refractivity contribution < 1.29 is 13.2 Å². The molecule has 0 fully saturated rings. The van der Waals surface area contributed by atoms with Gasteiger partial charge in [-0.05, 0) is 37.1 Å². The van der Waals surface area contributed by atoms with Crippen LogP contribution < -0.4 is 5.32 Å². The van der Waals surface area contributed by atoms with Gasteiger partial charge >= 0.3 is 6.18 Å². The Morgan fingerprint density at radius 2 is 1.80 bits per heavy atom. The fourth-order valence-electron chi connectivity index (χ4n) is 2.01. The minimum atomic E-state index is -4.30. The average Bonchev–Trinajstić information content (AvgIpc) is 2.68. The zero-order valence-corrected chi connectivity index (χ0v) is 12.2. The van der Waals surface area contributed by atoms with E-state index >= 15 is 0 Å². The summed E-state index contributed by atoms with van der Waals surface area (Å²) < 4.78 is 38.5. The number of benzene rings is 1. The third-order valence-electron chi connectivity index (χ3n) is 3.15. The molecule has 0 radical (unpaired) electrons. The Morgan fingerprint density at radius 3 is 2.40 bits per heavy atom. The normalized spacial score (nSPS) is 11.8. The van der Waals surface area contributed by atoms with Crippen molar-refractivity contribution in [3.05, 3.63) is 56.8 Å². The molecule has 108 valence electrons. The standard InChI is InChI=1S/C15H16F3NS/c1-10-7-13(20-11(10)2)9-19-8-12-5-3-4-6-14(12)15(16,17)18/h3-7,19H,8-9H2,1-2H3. The third kappa shape index (κ3) is 3.61. The van der Waals surface area contributed by atoms with Crippen LogP contribution in [0.1, 0.15) is 26.4 Å². The van der Waals surface area contributed by atoms with Crippen LogP contribution in [-0.4, -0.2) is 0 Å². The first-order chi connectivity index (χ1) is 9.38. The molecule has 0 spiro atoms. The molecule has 0 aliphatic rings. The van der Waals surface area contributed by atoms with E-state index in [1.54, 1.807) is 17.4 Å². The fourth-order valence-corrected chi connectivity index (χ4v) is 3.03. The topological polar surface area (TPSA) is 12.0 Å². The molecule has 0 bridgehead atoms. The van der Waals surface area contributed by atoms with Crippen LogP contribution >= 0.6 is 11.3 Å². The van der Waals surface area contributed by atoms with E-state index < -0.39 is 11.7 Å². The number of aryl methyl sites for hydroxylation is 2. The summed E-state index contributed by atoms with van der Waals surface area (Å²) in [6.07, 6.45) is -4.30. The molecule has 0 aliphatic carbocycles. The van der Waals surface area contributed by atoms with E-state index in [-0.39, 0.29) is 12.1 Å². The van der Waals surface area contributed by atoms with Crippen LogP contribution in [0.4, 0.5) is 13.2 Å². The van der Waals surface area contributed by atoms with E-state index in [4.69, 9.17) is 0 Å². The highest BCUT2D eigenvalue weighted by molar-refractivity contribution is 7.12. The zero-order valence-electron chi connectivity index (χ0n) is 11.3. The van der Waals surface area contributed by atoms with Crippen molar-refractivity contribution in [3.63, 3.8) is 0 Å². The van der Waals surface area contributed by atoms with Gasteiger partial charge in [0, 0.05) is 22.8 Å². The maximum absolute atomic E-state index is 12.8. The van der Waals surface area contributed by atoms with Gasteiger partial charge in [0.25, 0.3) is 0 Å². The monoisotopic (exact) mass is 299 g/mol. The molecule has 2 rings (SSSR count). The van der Waals surface area contributed by atoms with Crippen LogP contribution in [-0.2, 0) is 19.3 Å². The van der Waals surface area contributed by atoms with Crippen molar-refractivity contribution in [1.82, 2.24) is 5.32 Å². The number of nitrogens with one attached hydrogen (secondary N) is 1. The predicted octanol–water partition coefficient (Wildman–Crippen LogP) is 4.67. The van der Waals surface area contributed by atoms with Crippen molar-refractivity contribution in [1.29, 1.82) is 0 Å². The van der Waals surface area contributed by atoms with Crippen molar-refractivity contribution in [2.45, 2.75) is 33.1 Å². The van der Waals surface area contributed by atoms with Crippen LogP contribution in [0.15, 0.2) is 30.3 Å². The lowest BCUT2D eigenvalue weighted by Crippen LogP contribution is -2.16. The number of hydrogen-bond acceptors (Lipinski definition) is 2. The SMILES string of the molecule is Cc1cc(CNCc2ccccc2C(F)(F)F)sc1C. The highest BCUT2D eigenvalue weighted by Crippen LogP contribution is 2.31. The average molecular weight is 299 g/mol. The smallest absolute Gasteiger partial charge is 0.308 e. The van der Waals surface area contributed by atoms with E-state index in [9.17, 15) is 13.2 Å². The number of halogens is 3. The molecule has 1 heterocycles. The van der Waals surface area contributed by atoms with E-state index in [2.05, 4.69) is 11.4 Å². The second-order valence-electron chi connectivity index (χ2n) is 4.71. The van der Waals surface area contributed by atoms with Gasteiger partial charge in [0.15, 0.2) is 0 Å². The molecule has 20 heavy (non-hydrogen) atoms. The lowest BCUT2D eigenvalue weighted by molar-refractivity contribution is -0.138. The van der Waals surface area contributed by atoms with Gasteiger partial charge in [0.2, 0.25) is 0 Å². The predicted molar refractivity (Wildman–Crippen MR) is 75.8 cm³/mol. The fraction of sp³-hybridized carbons (Fsp3) is 0.333. The van der Waals surface area contributed by atoms with Crippen LogP contribution in [0.3, 0.4) is 0 Å². The maximum atomic E-state index is 12.8. The molecular formula is C15H16F3NS. The van der Waals surface area contributed by atoms with Gasteiger partial charge in [-0.15, -0.1) is 11.3 Å². The van der Waals surface area contributed by atoms with Crippen molar-refractivity contribution >= 4 is 11.3 Å². The maximum Gasteiger partial charge on any atom is 0.416 e. The number of thiophene rings is 1. The quantitative estimate of drug-likeness (QED) is 0.865. The minimum Gasteiger partial charge on any atom is -0.308 e. The number of hydrogen-bond donors (Lipinski definition) is 1. The van der Waals surface area contributed by atoms with Gasteiger partial charge in [0.1, 0.15) is 0 Å². The second-order valence-corrected chi connectivity index (χ2v) is 6.05. The number of rotatable bonds is 4. The Balaban J connectivity index is 2.01. The zero-order chi connectivity index (χ0) is 14.8. The summed E-state index contributed by atoms with van der Waals surface area (Å²) in [7, 11) is 0. The molecule has 1 aromatic heterocycles. The summed E-state index contributed by atoms with van der Waals surface area (Å²) >= 11 is 1.67. The van der Waals surface area contributed by atoms with Crippen molar-refractivity contribution in [3.8, 4) is 0 Å². The first-order valence-electron chi connectivity index (χ1n) is 6.29. The first kappa shape index (κ1) is 15.1. The summed E-state index contributed by atoms with van der Waals surface area (Å²) in [4.78, 5) is 2.39. The van der Waals surface area contributed by atoms with Crippen LogP contribution in [0.2, 0.25) is 0 Å². The van der Waals surface area contributed by atoms with Gasteiger partial charge in [0.05, 0.1) is 5.56 Å². The van der Waals surface area contributed by atoms with Gasteiger partial charge in [-0.3, -0.25) is 0 Å². The molecule has 0 saturated heterocycles. The van der Waals surface area contributed by atoms with Gasteiger partial charge in [-0.25, -0.2) is 0 Å². The molecular weight excluding hydrogens is 283 g/mol. The van der Waals surface area contributed by atoms with Crippen LogP contribution in [0.25, 0.3) is 0 Å². The number of alkyl halides is 3. The third-order valence-corrected chi connectivity index (χ3v) is 4.31. The van der Waals surface area contributed by atoms with Crippen LogP contribution in [0.5, 0.6) is 0 Å². The van der Waals surface area contributed by atoms with E-state index in [1.807, 2.05) is 13.8 Å². The van der Waals surface area contributed by atoms with Gasteiger partial charge < -0.3 is 5.32 Å². The molecule has 0 amide bonds. The Morgan fingerprint density at radius 1 is 1.10 bits per heavy atom. The van der Waals surface area contributed by atoms with Crippen molar-refractivity contribution in [2.75, 3.05) is 0 Å². The minimum absolute atomic E-state index is 0.214. The van der Waals surface area contributed by atoms with Gasteiger partial charge in [-0.1, -0.05) is 18.2 Å². The largest absolute Gasteiger partial charge is 0.416 e. The molecule has 2 aromatic rings. The van der Waals surface area contributed by atoms with E-state index in [0.717, 1.165) is 10.9 Å². The molecule has 0 aliphatic heterocycles. The Labute approximate surface area is 120 Å². The summed E-state index contributed by atoms with van der Waals surface area (Å²) in [5.41, 5.74) is 0.943. The van der Waals surface area contributed by atoms with E-state index in [1.165, 1.54) is 22.6 Å². The van der Waals surface area contributed by atoms with Crippen molar-refractivity contribution in [2.24, 2.45) is 0 Å². The molecule has 0 saturated carbocycles. The Hall–Kier alpha value is -1.33. The highest BCUT2D eigenvalue weighted by Gasteiger charge is 2.32. The lowest BCUT2D eigenvalue weighted by atomic mass is 10.1. The molecule has 1 aromatic carbocycles. The van der Waals surface area contributed by atoms with Gasteiger partial charge in [-0.2, -0.15) is 13.2 Å². The molecule has 0 unspecified atom stereocenters. The first-order valence-corrected chi connectivity index (χ1v) is 7.11. The van der Waals surface area contributed by atoms with E-state index in [0.29, 0.717) is 6.54 Å². The summed E-state index contributed by atoms with van der Waals surface area (Å²) in [5.74, 6) is 0. The Bertz CT molecular complexity index is 568. The van der Waals surface area contributed by atoms with Crippen LogP contribution in [0, 0.1) is 13.8 Å². The molecule has 1 nitrogen and oxygen atoms in total. The lowest BCUT2D eigenvalue weighted by Gasteiger charge is -2.12. The highest BCUT2D eigenvalue weighted by atomic mass is 32.1. The summed E-state index contributed by atoms with van der Waals surface area (Å²) in [6.45, 7) is 4.88. The molecule has 5 heteroatoms.